The highest BCUT2D eigenvalue weighted by Crippen LogP contribution is 2.19. The van der Waals surface area contributed by atoms with Crippen LogP contribution in [-0.4, -0.2) is 29.0 Å². The molecule has 0 radical (unpaired) electrons. The number of aromatic amines is 1. The number of nitrogens with one attached hydrogen (secondary N) is 2. The van der Waals surface area contributed by atoms with Crippen molar-refractivity contribution in [2.45, 2.75) is 6.61 Å². The predicted molar refractivity (Wildman–Crippen MR) is 69.2 cm³/mol. The van der Waals surface area contributed by atoms with Crippen LogP contribution < -0.4 is 11.1 Å². The van der Waals surface area contributed by atoms with Gasteiger partial charge in [-0.1, -0.05) is 12.1 Å². The summed E-state index contributed by atoms with van der Waals surface area (Å²) in [6, 6.07) is 7.13. The number of aliphatic hydroxyl groups excluding tert-OH is 1. The lowest BCUT2D eigenvalue weighted by molar-refractivity contribution is 0.0972. The fourth-order valence-corrected chi connectivity index (χ4v) is 1.72. The van der Waals surface area contributed by atoms with E-state index >= 15 is 0 Å². The summed E-state index contributed by atoms with van der Waals surface area (Å²) in [6.07, 6.45) is 0. The molecule has 0 unspecified atom stereocenters. The monoisotopic (exact) mass is 246 g/mol. The molecule has 6 nitrogen and oxygen atoms in total. The van der Waals surface area contributed by atoms with Gasteiger partial charge < -0.3 is 15.8 Å². The van der Waals surface area contributed by atoms with Gasteiger partial charge in [0.2, 0.25) is 0 Å². The molecule has 2 rings (SSSR count). The molecule has 0 saturated heterocycles. The minimum absolute atomic E-state index is 0.0565. The van der Waals surface area contributed by atoms with Crippen LogP contribution in [0.15, 0.2) is 29.3 Å². The van der Waals surface area contributed by atoms with Gasteiger partial charge in [-0.25, -0.2) is 0 Å². The van der Waals surface area contributed by atoms with Crippen LogP contribution >= 0.6 is 0 Å². The fraction of sp³-hybridized carbons (Fsp3) is 0.167. The number of H-pyrrole nitrogens is 1. The average Bonchev–Trinajstić information content (AvgIpc) is 2.82. The van der Waals surface area contributed by atoms with E-state index in [-0.39, 0.29) is 18.5 Å². The number of carbonyl (C=O) groups is 1. The van der Waals surface area contributed by atoms with Gasteiger partial charge >= 0.3 is 0 Å². The van der Waals surface area contributed by atoms with Crippen LogP contribution in [0.5, 0.6) is 0 Å². The quantitative estimate of drug-likeness (QED) is 0.453. The average molecular weight is 246 g/mol. The number of aromatic nitrogens is 1. The van der Waals surface area contributed by atoms with E-state index in [2.05, 4.69) is 15.3 Å². The molecule has 0 bridgehead atoms. The van der Waals surface area contributed by atoms with E-state index in [4.69, 9.17) is 5.73 Å². The molecule has 1 heterocycles. The zero-order chi connectivity index (χ0) is 13.1. The maximum atomic E-state index is 11.8. The van der Waals surface area contributed by atoms with Gasteiger partial charge in [-0.2, -0.15) is 0 Å². The van der Waals surface area contributed by atoms with E-state index in [1.807, 2.05) is 12.1 Å². The summed E-state index contributed by atoms with van der Waals surface area (Å²) in [4.78, 5) is 18.4. The van der Waals surface area contributed by atoms with Crippen LogP contribution in [0.1, 0.15) is 16.1 Å². The SMILES string of the molecule is CN=C(N)NC(=O)c1cc2c(CO)cccc2[nH]1. The molecule has 0 saturated carbocycles. The molecule has 0 aliphatic carbocycles. The summed E-state index contributed by atoms with van der Waals surface area (Å²) in [5.74, 6) is -0.306. The van der Waals surface area contributed by atoms with Crippen molar-refractivity contribution < 1.29 is 9.90 Å². The van der Waals surface area contributed by atoms with Crippen molar-refractivity contribution in [3.8, 4) is 0 Å². The lowest BCUT2D eigenvalue weighted by Gasteiger charge is -2.00. The van der Waals surface area contributed by atoms with Gasteiger partial charge in [0.05, 0.1) is 6.61 Å². The van der Waals surface area contributed by atoms with Crippen LogP contribution in [0, 0.1) is 0 Å². The number of guanidine groups is 1. The van der Waals surface area contributed by atoms with Crippen molar-refractivity contribution >= 4 is 22.8 Å². The van der Waals surface area contributed by atoms with Gasteiger partial charge in [-0.3, -0.25) is 15.1 Å². The Kier molecular flexibility index (Phi) is 3.29. The van der Waals surface area contributed by atoms with Crippen molar-refractivity contribution in [1.29, 1.82) is 0 Å². The molecule has 0 aliphatic heterocycles. The van der Waals surface area contributed by atoms with E-state index in [9.17, 15) is 9.90 Å². The van der Waals surface area contributed by atoms with Gasteiger partial charge in [0.15, 0.2) is 5.96 Å². The first-order valence-electron chi connectivity index (χ1n) is 5.40. The molecule has 1 amide bonds. The minimum atomic E-state index is -0.363. The molecule has 1 aromatic carbocycles. The lowest BCUT2D eigenvalue weighted by Crippen LogP contribution is -2.36. The summed E-state index contributed by atoms with van der Waals surface area (Å²) in [5, 5.41) is 12.5. The zero-order valence-corrected chi connectivity index (χ0v) is 9.90. The summed E-state index contributed by atoms with van der Waals surface area (Å²) in [5.41, 5.74) is 7.35. The molecule has 2 aromatic rings. The van der Waals surface area contributed by atoms with Crippen molar-refractivity contribution in [2.24, 2.45) is 10.7 Å². The number of nitrogens with zero attached hydrogens (tertiary/aromatic N) is 1. The van der Waals surface area contributed by atoms with E-state index < -0.39 is 0 Å². The number of aliphatic hydroxyl groups is 1. The Morgan fingerprint density at radius 1 is 1.56 bits per heavy atom. The van der Waals surface area contributed by atoms with Gasteiger partial charge in [-0.15, -0.1) is 0 Å². The Balaban J connectivity index is 2.38. The first-order valence-corrected chi connectivity index (χ1v) is 5.40. The first-order chi connectivity index (χ1) is 8.65. The summed E-state index contributed by atoms with van der Waals surface area (Å²) in [7, 11) is 1.49. The van der Waals surface area contributed by atoms with Crippen molar-refractivity contribution in [3.63, 3.8) is 0 Å². The number of amides is 1. The van der Waals surface area contributed by atoms with Crippen molar-refractivity contribution in [3.05, 3.63) is 35.5 Å². The third kappa shape index (κ3) is 2.18. The Bertz CT molecular complexity index is 616. The first kappa shape index (κ1) is 12.1. The number of fused-ring (bicyclic) bond motifs is 1. The second kappa shape index (κ2) is 4.89. The number of hydrogen-bond acceptors (Lipinski definition) is 3. The normalized spacial score (nSPS) is 11.8. The third-order valence-electron chi connectivity index (χ3n) is 2.65. The summed E-state index contributed by atoms with van der Waals surface area (Å²) in [6.45, 7) is -0.0746. The van der Waals surface area contributed by atoms with E-state index in [0.717, 1.165) is 16.5 Å². The molecule has 18 heavy (non-hydrogen) atoms. The fourth-order valence-electron chi connectivity index (χ4n) is 1.72. The van der Waals surface area contributed by atoms with E-state index in [0.29, 0.717) is 5.69 Å². The van der Waals surface area contributed by atoms with Crippen molar-refractivity contribution in [2.75, 3.05) is 7.05 Å². The van der Waals surface area contributed by atoms with E-state index in [1.54, 1.807) is 12.1 Å². The number of hydrogen-bond donors (Lipinski definition) is 4. The van der Waals surface area contributed by atoms with Gasteiger partial charge in [-0.05, 0) is 17.7 Å². The number of aliphatic imine (C=N–C) groups is 1. The molecule has 0 fully saturated rings. The van der Waals surface area contributed by atoms with E-state index in [1.165, 1.54) is 7.05 Å². The van der Waals surface area contributed by atoms with Gasteiger partial charge in [0, 0.05) is 18.0 Å². The Morgan fingerprint density at radius 3 is 3.00 bits per heavy atom. The Labute approximate surface area is 104 Å². The molecule has 5 N–H and O–H groups in total. The standard InChI is InChI=1S/C12H14N4O2/c1-14-12(13)16-11(18)10-5-8-7(6-17)3-2-4-9(8)15-10/h2-5,15,17H,6H2,1H3,(H3,13,14,16,18). The van der Waals surface area contributed by atoms with Crippen LogP contribution in [0.25, 0.3) is 10.9 Å². The Morgan fingerprint density at radius 2 is 2.33 bits per heavy atom. The molecule has 6 heteroatoms. The summed E-state index contributed by atoms with van der Waals surface area (Å²) < 4.78 is 0. The van der Waals surface area contributed by atoms with Crippen LogP contribution in [0.3, 0.4) is 0 Å². The molecule has 0 atom stereocenters. The number of carbonyl (C=O) groups excluding carboxylic acids is 1. The maximum Gasteiger partial charge on any atom is 0.274 e. The number of rotatable bonds is 2. The number of nitrogens with two attached hydrogens (primary N) is 1. The largest absolute Gasteiger partial charge is 0.392 e. The smallest absolute Gasteiger partial charge is 0.274 e. The highest BCUT2D eigenvalue weighted by molar-refractivity contribution is 6.06. The topological polar surface area (TPSA) is 104 Å². The highest BCUT2D eigenvalue weighted by Gasteiger charge is 2.11. The van der Waals surface area contributed by atoms with Crippen molar-refractivity contribution in [1.82, 2.24) is 10.3 Å². The lowest BCUT2D eigenvalue weighted by atomic mass is 10.1. The van der Waals surface area contributed by atoms with Gasteiger partial charge in [0.1, 0.15) is 5.69 Å². The molecular formula is C12H14N4O2. The third-order valence-corrected chi connectivity index (χ3v) is 2.65. The second-order valence-corrected chi connectivity index (χ2v) is 3.78. The number of benzene rings is 1. The molecule has 0 spiro atoms. The molecule has 1 aromatic heterocycles. The molecule has 0 aliphatic rings. The second-order valence-electron chi connectivity index (χ2n) is 3.78. The van der Waals surface area contributed by atoms with Crippen LogP contribution in [-0.2, 0) is 6.61 Å². The molecule has 94 valence electrons. The van der Waals surface area contributed by atoms with Crippen LogP contribution in [0.4, 0.5) is 0 Å². The molecular weight excluding hydrogens is 232 g/mol. The van der Waals surface area contributed by atoms with Gasteiger partial charge in [0.25, 0.3) is 5.91 Å². The Hall–Kier alpha value is -2.34. The highest BCUT2D eigenvalue weighted by atomic mass is 16.3. The zero-order valence-electron chi connectivity index (χ0n) is 9.90. The minimum Gasteiger partial charge on any atom is -0.392 e. The predicted octanol–water partition coefficient (Wildman–Crippen LogP) is 0.334. The maximum absolute atomic E-state index is 11.8. The summed E-state index contributed by atoms with van der Waals surface area (Å²) >= 11 is 0. The van der Waals surface area contributed by atoms with Crippen LogP contribution in [0.2, 0.25) is 0 Å².